The smallest absolute Gasteiger partial charge is 0.261 e. The molecule has 0 saturated heterocycles. The first-order chi connectivity index (χ1) is 12.5. The molecular formula is C18H18N4O3S. The van der Waals surface area contributed by atoms with Gasteiger partial charge >= 0.3 is 0 Å². The molecule has 0 aliphatic carbocycles. The Labute approximate surface area is 152 Å². The maximum absolute atomic E-state index is 12.3. The molecular weight excluding hydrogens is 352 g/mol. The summed E-state index contributed by atoms with van der Waals surface area (Å²) < 4.78 is 32.3. The van der Waals surface area contributed by atoms with E-state index in [1.807, 2.05) is 0 Å². The van der Waals surface area contributed by atoms with Gasteiger partial charge in [0.1, 0.15) is 11.6 Å². The molecule has 2 N–H and O–H groups in total. The van der Waals surface area contributed by atoms with Crippen LogP contribution < -0.4 is 14.8 Å². The lowest BCUT2D eigenvalue weighted by molar-refractivity contribution is 0.396. The van der Waals surface area contributed by atoms with Gasteiger partial charge in [-0.3, -0.25) is 4.72 Å². The minimum atomic E-state index is -3.61. The number of ether oxygens (including phenoxy) is 1. The molecule has 1 heterocycles. The highest BCUT2D eigenvalue weighted by Crippen LogP contribution is 2.22. The Hall–Kier alpha value is -3.13. The number of nitrogens with one attached hydrogen (secondary N) is 2. The van der Waals surface area contributed by atoms with E-state index in [9.17, 15) is 8.42 Å². The number of anilines is 3. The van der Waals surface area contributed by atoms with E-state index in [1.165, 1.54) is 0 Å². The summed E-state index contributed by atoms with van der Waals surface area (Å²) in [5.74, 6) is 1.64. The third-order valence-corrected chi connectivity index (χ3v) is 4.88. The van der Waals surface area contributed by atoms with Gasteiger partial charge in [-0.25, -0.2) is 13.4 Å². The predicted octanol–water partition coefficient (Wildman–Crippen LogP) is 3.34. The molecule has 0 bridgehead atoms. The Bertz CT molecular complexity index is 991. The molecule has 0 fully saturated rings. The fourth-order valence-electron chi connectivity index (χ4n) is 2.29. The van der Waals surface area contributed by atoms with Crippen molar-refractivity contribution in [2.24, 2.45) is 0 Å². The molecule has 0 unspecified atom stereocenters. The van der Waals surface area contributed by atoms with Gasteiger partial charge in [-0.1, -0.05) is 18.2 Å². The second kappa shape index (κ2) is 7.40. The van der Waals surface area contributed by atoms with E-state index in [-0.39, 0.29) is 4.90 Å². The predicted molar refractivity (Wildman–Crippen MR) is 100 cm³/mol. The molecule has 8 heteroatoms. The largest absolute Gasteiger partial charge is 0.481 e. The maximum Gasteiger partial charge on any atom is 0.261 e. The van der Waals surface area contributed by atoms with E-state index < -0.39 is 10.0 Å². The number of hydrogen-bond donors (Lipinski definition) is 2. The van der Waals surface area contributed by atoms with Crippen molar-refractivity contribution < 1.29 is 13.2 Å². The van der Waals surface area contributed by atoms with Crippen LogP contribution in [0, 0.1) is 6.92 Å². The van der Waals surface area contributed by atoms with E-state index in [4.69, 9.17) is 4.74 Å². The first kappa shape index (κ1) is 17.7. The minimum absolute atomic E-state index is 0.214. The van der Waals surface area contributed by atoms with Crippen LogP contribution in [0.5, 0.6) is 5.88 Å². The van der Waals surface area contributed by atoms with Crippen molar-refractivity contribution in [1.82, 2.24) is 9.97 Å². The zero-order chi connectivity index (χ0) is 18.6. The normalized spacial score (nSPS) is 11.0. The summed E-state index contributed by atoms with van der Waals surface area (Å²) in [7, 11) is -2.07. The van der Waals surface area contributed by atoms with E-state index in [0.29, 0.717) is 23.2 Å². The van der Waals surface area contributed by atoms with Gasteiger partial charge in [0.2, 0.25) is 5.88 Å². The van der Waals surface area contributed by atoms with Crippen molar-refractivity contribution >= 4 is 27.2 Å². The third-order valence-electron chi connectivity index (χ3n) is 3.49. The van der Waals surface area contributed by atoms with Crippen molar-refractivity contribution in [1.29, 1.82) is 0 Å². The minimum Gasteiger partial charge on any atom is -0.481 e. The highest BCUT2D eigenvalue weighted by Gasteiger charge is 2.13. The Morgan fingerprint density at radius 2 is 1.58 bits per heavy atom. The monoisotopic (exact) mass is 370 g/mol. The van der Waals surface area contributed by atoms with E-state index in [0.717, 1.165) is 5.69 Å². The Morgan fingerprint density at radius 3 is 2.23 bits per heavy atom. The van der Waals surface area contributed by atoms with Crippen LogP contribution in [0.15, 0.2) is 65.6 Å². The number of rotatable bonds is 6. The van der Waals surface area contributed by atoms with Gasteiger partial charge in [-0.15, -0.1) is 0 Å². The van der Waals surface area contributed by atoms with Crippen LogP contribution in [0.3, 0.4) is 0 Å². The topological polar surface area (TPSA) is 93.2 Å². The summed E-state index contributed by atoms with van der Waals surface area (Å²) in [4.78, 5) is 8.63. The standard InChI is InChI=1S/C18H18N4O3S/c1-13-19-17(12-18(20-13)25-2)21-14-8-10-15(11-9-14)22-26(23,24)16-6-4-3-5-7-16/h3-12,22H,1-2H3,(H,19,20,21). The van der Waals surface area contributed by atoms with E-state index >= 15 is 0 Å². The van der Waals surface area contributed by atoms with Crippen LogP contribution in [-0.2, 0) is 10.0 Å². The van der Waals surface area contributed by atoms with Gasteiger partial charge in [-0.2, -0.15) is 4.98 Å². The molecule has 0 amide bonds. The van der Waals surface area contributed by atoms with Crippen LogP contribution in [0.25, 0.3) is 0 Å². The number of nitrogens with zero attached hydrogens (tertiary/aromatic N) is 2. The molecule has 0 saturated carbocycles. The van der Waals surface area contributed by atoms with Crippen molar-refractivity contribution in [2.45, 2.75) is 11.8 Å². The molecule has 0 aliphatic heterocycles. The fraction of sp³-hybridized carbons (Fsp3) is 0.111. The maximum atomic E-state index is 12.3. The molecule has 0 radical (unpaired) electrons. The first-order valence-corrected chi connectivity index (χ1v) is 9.29. The molecule has 0 atom stereocenters. The molecule has 2 aromatic carbocycles. The lowest BCUT2D eigenvalue weighted by Gasteiger charge is -2.10. The molecule has 1 aromatic heterocycles. The van der Waals surface area contributed by atoms with E-state index in [2.05, 4.69) is 20.0 Å². The molecule has 134 valence electrons. The quantitative estimate of drug-likeness (QED) is 0.691. The SMILES string of the molecule is COc1cc(Nc2ccc(NS(=O)(=O)c3ccccc3)cc2)nc(C)n1. The zero-order valence-electron chi connectivity index (χ0n) is 14.3. The van der Waals surface area contributed by atoms with Gasteiger partial charge in [0, 0.05) is 17.4 Å². The van der Waals surface area contributed by atoms with Gasteiger partial charge in [0.25, 0.3) is 10.0 Å². The summed E-state index contributed by atoms with van der Waals surface area (Å²) >= 11 is 0. The highest BCUT2D eigenvalue weighted by atomic mass is 32.2. The molecule has 3 rings (SSSR count). The highest BCUT2D eigenvalue weighted by molar-refractivity contribution is 7.92. The second-order valence-corrected chi connectivity index (χ2v) is 7.15. The van der Waals surface area contributed by atoms with E-state index in [1.54, 1.807) is 74.7 Å². The van der Waals surface area contributed by atoms with Gasteiger partial charge in [0.05, 0.1) is 12.0 Å². The van der Waals surface area contributed by atoms with Crippen molar-refractivity contribution in [3.05, 3.63) is 66.5 Å². The Morgan fingerprint density at radius 1 is 0.923 bits per heavy atom. The van der Waals surface area contributed by atoms with Crippen molar-refractivity contribution in [3.8, 4) is 5.88 Å². The number of methoxy groups -OCH3 is 1. The Kier molecular flexibility index (Phi) is 5.04. The summed E-state index contributed by atoms with van der Waals surface area (Å²) in [6.07, 6.45) is 0. The van der Waals surface area contributed by atoms with Crippen LogP contribution in [0.2, 0.25) is 0 Å². The average Bonchev–Trinajstić information content (AvgIpc) is 2.63. The molecule has 26 heavy (non-hydrogen) atoms. The van der Waals surface area contributed by atoms with Gasteiger partial charge < -0.3 is 10.1 Å². The zero-order valence-corrected chi connectivity index (χ0v) is 15.1. The molecule has 7 nitrogen and oxygen atoms in total. The molecule has 0 aliphatic rings. The van der Waals surface area contributed by atoms with Crippen molar-refractivity contribution in [2.75, 3.05) is 17.1 Å². The van der Waals surface area contributed by atoms with Crippen LogP contribution >= 0.6 is 0 Å². The van der Waals surface area contributed by atoms with Crippen LogP contribution in [0.4, 0.5) is 17.2 Å². The third kappa shape index (κ3) is 4.28. The lowest BCUT2D eigenvalue weighted by Crippen LogP contribution is -2.12. The fourth-order valence-corrected chi connectivity index (χ4v) is 3.37. The average molecular weight is 370 g/mol. The van der Waals surface area contributed by atoms with Crippen LogP contribution in [0.1, 0.15) is 5.82 Å². The van der Waals surface area contributed by atoms with Crippen LogP contribution in [-0.4, -0.2) is 25.5 Å². The lowest BCUT2D eigenvalue weighted by atomic mass is 10.3. The number of sulfonamides is 1. The first-order valence-electron chi connectivity index (χ1n) is 7.81. The Balaban J connectivity index is 1.74. The number of hydrogen-bond acceptors (Lipinski definition) is 6. The summed E-state index contributed by atoms with van der Waals surface area (Å²) in [6, 6.07) is 16.8. The van der Waals surface area contributed by atoms with Gasteiger partial charge in [-0.05, 0) is 43.3 Å². The van der Waals surface area contributed by atoms with Crippen molar-refractivity contribution in [3.63, 3.8) is 0 Å². The number of aromatic nitrogens is 2. The van der Waals surface area contributed by atoms with Gasteiger partial charge in [0.15, 0.2) is 0 Å². The number of aryl methyl sites for hydroxylation is 1. The summed E-state index contributed by atoms with van der Waals surface area (Å²) in [6.45, 7) is 1.77. The summed E-state index contributed by atoms with van der Waals surface area (Å²) in [5, 5.41) is 3.13. The molecule has 3 aromatic rings. The second-order valence-electron chi connectivity index (χ2n) is 5.46. The summed E-state index contributed by atoms with van der Waals surface area (Å²) in [5.41, 5.74) is 1.23. The number of benzene rings is 2. The molecule has 0 spiro atoms.